The zero-order chi connectivity index (χ0) is 9.97. The van der Waals surface area contributed by atoms with Crippen molar-refractivity contribution in [1.29, 1.82) is 0 Å². The van der Waals surface area contributed by atoms with Crippen LogP contribution in [0.5, 0.6) is 5.75 Å². The number of hydrogen-bond acceptors (Lipinski definition) is 2. The topological polar surface area (TPSA) is 26.3 Å². The molecule has 0 radical (unpaired) electrons. The van der Waals surface area contributed by atoms with E-state index >= 15 is 0 Å². The highest BCUT2D eigenvalue weighted by Gasteiger charge is 2.22. The summed E-state index contributed by atoms with van der Waals surface area (Å²) in [6, 6.07) is 5.05. The smallest absolute Gasteiger partial charge is 0.150 e. The lowest BCUT2D eigenvalue weighted by Crippen LogP contribution is -1.99. The number of rotatable bonds is 4. The fourth-order valence-electron chi connectivity index (χ4n) is 1.20. The summed E-state index contributed by atoms with van der Waals surface area (Å²) in [5, 5.41) is 0.566. The third-order valence-corrected chi connectivity index (χ3v) is 2.58. The van der Waals surface area contributed by atoms with Crippen molar-refractivity contribution >= 4 is 17.9 Å². The first-order valence-corrected chi connectivity index (χ1v) is 5.05. The molecule has 0 heterocycles. The Bertz CT molecular complexity index is 345. The van der Waals surface area contributed by atoms with Crippen molar-refractivity contribution in [3.63, 3.8) is 0 Å². The summed E-state index contributed by atoms with van der Waals surface area (Å²) in [5.74, 6) is 1.30. The lowest BCUT2D eigenvalue weighted by Gasteiger charge is -2.07. The monoisotopic (exact) mass is 210 g/mol. The van der Waals surface area contributed by atoms with E-state index in [0.717, 1.165) is 6.29 Å². The van der Waals surface area contributed by atoms with Crippen molar-refractivity contribution < 1.29 is 9.53 Å². The first-order valence-electron chi connectivity index (χ1n) is 4.67. The Morgan fingerprint density at radius 3 is 2.93 bits per heavy atom. The molecule has 14 heavy (non-hydrogen) atoms. The third-order valence-electron chi connectivity index (χ3n) is 2.26. The van der Waals surface area contributed by atoms with Crippen LogP contribution in [0.2, 0.25) is 5.02 Å². The molecule has 1 aliphatic carbocycles. The van der Waals surface area contributed by atoms with Gasteiger partial charge < -0.3 is 4.74 Å². The molecule has 0 unspecified atom stereocenters. The Kier molecular flexibility index (Phi) is 2.73. The molecule has 1 fully saturated rings. The van der Waals surface area contributed by atoms with E-state index in [-0.39, 0.29) is 0 Å². The normalized spacial score (nSPS) is 15.2. The molecule has 0 spiro atoms. The molecule has 1 saturated carbocycles. The molecule has 1 aliphatic rings. The zero-order valence-corrected chi connectivity index (χ0v) is 8.46. The van der Waals surface area contributed by atoms with Crippen LogP contribution in [-0.2, 0) is 0 Å². The van der Waals surface area contributed by atoms with Gasteiger partial charge >= 0.3 is 0 Å². The largest absolute Gasteiger partial charge is 0.492 e. The Balaban J connectivity index is 2.08. The minimum Gasteiger partial charge on any atom is -0.492 e. The van der Waals surface area contributed by atoms with Crippen LogP contribution >= 0.6 is 11.6 Å². The van der Waals surface area contributed by atoms with Gasteiger partial charge in [-0.15, -0.1) is 0 Å². The molecule has 0 atom stereocenters. The zero-order valence-electron chi connectivity index (χ0n) is 7.70. The fourth-order valence-corrected chi connectivity index (χ4v) is 1.37. The fraction of sp³-hybridized carbons (Fsp3) is 0.364. The molecule has 0 amide bonds. The third kappa shape index (κ3) is 2.26. The van der Waals surface area contributed by atoms with Gasteiger partial charge in [-0.25, -0.2) is 0 Å². The Hall–Kier alpha value is -1.02. The molecule has 1 aromatic rings. The van der Waals surface area contributed by atoms with Crippen molar-refractivity contribution in [3.05, 3.63) is 28.8 Å². The first kappa shape index (κ1) is 9.53. The van der Waals surface area contributed by atoms with E-state index in [2.05, 4.69) is 0 Å². The Morgan fingerprint density at radius 2 is 2.29 bits per heavy atom. The maximum Gasteiger partial charge on any atom is 0.150 e. The van der Waals surface area contributed by atoms with Crippen LogP contribution < -0.4 is 4.74 Å². The minimum atomic E-state index is 0.566. The lowest BCUT2D eigenvalue weighted by atomic mass is 10.2. The van der Waals surface area contributed by atoms with E-state index in [4.69, 9.17) is 16.3 Å². The summed E-state index contributed by atoms with van der Waals surface area (Å²) >= 11 is 5.92. The number of ether oxygens (including phenoxy) is 1. The molecule has 0 bridgehead atoms. The van der Waals surface area contributed by atoms with Gasteiger partial charge in [0.15, 0.2) is 0 Å². The maximum atomic E-state index is 10.5. The number of halogens is 1. The summed E-state index contributed by atoms with van der Waals surface area (Å²) in [5.41, 5.74) is 0.597. The average Bonchev–Trinajstić information content (AvgIpc) is 3.00. The molecular formula is C11H11ClO2. The van der Waals surface area contributed by atoms with Crippen LogP contribution in [0, 0.1) is 5.92 Å². The first-order chi connectivity index (χ1) is 6.79. The van der Waals surface area contributed by atoms with Gasteiger partial charge in [0.25, 0.3) is 0 Å². The molecule has 0 aliphatic heterocycles. The summed E-state index contributed by atoms with van der Waals surface area (Å²) in [6.45, 7) is 0.710. The van der Waals surface area contributed by atoms with E-state index in [1.165, 1.54) is 12.8 Å². The van der Waals surface area contributed by atoms with Gasteiger partial charge in [0.2, 0.25) is 0 Å². The predicted molar refractivity (Wildman–Crippen MR) is 55.1 cm³/mol. The second-order valence-electron chi connectivity index (χ2n) is 3.56. The number of carbonyl (C=O) groups excluding carboxylic acids is 1. The summed E-state index contributed by atoms with van der Waals surface area (Å²) in [6.07, 6.45) is 3.27. The van der Waals surface area contributed by atoms with Crippen molar-refractivity contribution in [2.75, 3.05) is 6.61 Å². The van der Waals surface area contributed by atoms with E-state index in [1.54, 1.807) is 18.2 Å². The van der Waals surface area contributed by atoms with E-state index in [9.17, 15) is 4.79 Å². The van der Waals surface area contributed by atoms with E-state index in [0.29, 0.717) is 28.9 Å². The van der Waals surface area contributed by atoms with Crippen molar-refractivity contribution in [1.82, 2.24) is 0 Å². The molecule has 0 aromatic heterocycles. The highest BCUT2D eigenvalue weighted by atomic mass is 35.5. The number of benzene rings is 1. The van der Waals surface area contributed by atoms with Crippen LogP contribution in [0.25, 0.3) is 0 Å². The lowest BCUT2D eigenvalue weighted by molar-refractivity contribution is 0.112. The molecule has 1 aromatic carbocycles. The number of carbonyl (C=O) groups is 1. The number of hydrogen-bond donors (Lipinski definition) is 0. The minimum absolute atomic E-state index is 0.566. The molecule has 74 valence electrons. The average molecular weight is 211 g/mol. The molecule has 0 N–H and O–H groups in total. The van der Waals surface area contributed by atoms with Crippen molar-refractivity contribution in [3.8, 4) is 5.75 Å². The summed E-state index contributed by atoms with van der Waals surface area (Å²) in [4.78, 5) is 10.5. The number of aldehydes is 1. The second-order valence-corrected chi connectivity index (χ2v) is 3.97. The van der Waals surface area contributed by atoms with Crippen LogP contribution in [0.1, 0.15) is 23.2 Å². The van der Waals surface area contributed by atoms with Crippen LogP contribution in [0.15, 0.2) is 18.2 Å². The van der Waals surface area contributed by atoms with Crippen LogP contribution in [0.3, 0.4) is 0 Å². The Morgan fingerprint density at radius 1 is 1.50 bits per heavy atom. The Labute approximate surface area is 87.8 Å². The van der Waals surface area contributed by atoms with Crippen LogP contribution in [-0.4, -0.2) is 12.9 Å². The molecule has 2 nitrogen and oxygen atoms in total. The highest BCUT2D eigenvalue weighted by molar-refractivity contribution is 6.32. The molecular weight excluding hydrogens is 200 g/mol. The van der Waals surface area contributed by atoms with Gasteiger partial charge in [-0.05, 0) is 37.0 Å². The van der Waals surface area contributed by atoms with Crippen LogP contribution in [0.4, 0.5) is 0 Å². The van der Waals surface area contributed by atoms with Gasteiger partial charge in [0, 0.05) is 5.56 Å². The van der Waals surface area contributed by atoms with E-state index < -0.39 is 0 Å². The molecule has 0 saturated heterocycles. The van der Waals surface area contributed by atoms with Gasteiger partial charge in [-0.2, -0.15) is 0 Å². The van der Waals surface area contributed by atoms with Crippen molar-refractivity contribution in [2.24, 2.45) is 5.92 Å². The van der Waals surface area contributed by atoms with E-state index in [1.807, 2.05) is 0 Å². The SMILES string of the molecule is O=Cc1ccc(Cl)c(OCC2CC2)c1. The highest BCUT2D eigenvalue weighted by Crippen LogP contribution is 2.31. The summed E-state index contributed by atoms with van der Waals surface area (Å²) in [7, 11) is 0. The predicted octanol–water partition coefficient (Wildman–Crippen LogP) is 2.94. The van der Waals surface area contributed by atoms with Crippen molar-refractivity contribution in [2.45, 2.75) is 12.8 Å². The molecule has 2 rings (SSSR count). The quantitative estimate of drug-likeness (QED) is 0.715. The second kappa shape index (κ2) is 4.01. The standard InChI is InChI=1S/C11H11ClO2/c12-10-4-3-9(6-13)5-11(10)14-7-8-1-2-8/h3-6,8H,1-2,7H2. The molecule has 3 heteroatoms. The van der Waals surface area contributed by atoms with Gasteiger partial charge in [0.05, 0.1) is 11.6 Å². The summed E-state index contributed by atoms with van der Waals surface area (Å²) < 4.78 is 5.51. The van der Waals surface area contributed by atoms with Gasteiger partial charge in [0.1, 0.15) is 12.0 Å². The van der Waals surface area contributed by atoms with Gasteiger partial charge in [-0.1, -0.05) is 11.6 Å². The van der Waals surface area contributed by atoms with Gasteiger partial charge in [-0.3, -0.25) is 4.79 Å². The maximum absolute atomic E-state index is 10.5.